The van der Waals surface area contributed by atoms with Gasteiger partial charge in [0.1, 0.15) is 0 Å². The Balaban J connectivity index is 2.83. The van der Waals surface area contributed by atoms with E-state index >= 15 is 0 Å². The van der Waals surface area contributed by atoms with Crippen LogP contribution in [0, 0.1) is 5.92 Å². The van der Waals surface area contributed by atoms with Crippen LogP contribution in [0.3, 0.4) is 0 Å². The van der Waals surface area contributed by atoms with Crippen molar-refractivity contribution in [3.63, 3.8) is 0 Å². The molecule has 0 aliphatic rings. The van der Waals surface area contributed by atoms with Gasteiger partial charge < -0.3 is 0 Å². The zero-order chi connectivity index (χ0) is 15.3. The van der Waals surface area contributed by atoms with Crippen LogP contribution in [0.2, 0.25) is 0 Å². The second-order valence-electron chi connectivity index (χ2n) is 4.52. The van der Waals surface area contributed by atoms with Gasteiger partial charge in [0.15, 0.2) is 0 Å². The summed E-state index contributed by atoms with van der Waals surface area (Å²) in [5.74, 6) is 0.310. The summed E-state index contributed by atoms with van der Waals surface area (Å²) in [4.78, 5) is 0.209. The summed E-state index contributed by atoms with van der Waals surface area (Å²) in [5.41, 5.74) is 0. The third kappa shape index (κ3) is 4.98. The van der Waals surface area contributed by atoms with Crippen molar-refractivity contribution in [3.05, 3.63) is 27.1 Å². The van der Waals surface area contributed by atoms with Crippen molar-refractivity contribution in [1.29, 1.82) is 0 Å². The fourth-order valence-electron chi connectivity index (χ4n) is 1.92. The fraction of sp³-hybridized carbons (Fsp3) is 0.538. The quantitative estimate of drug-likeness (QED) is 0.624. The summed E-state index contributed by atoms with van der Waals surface area (Å²) in [6.07, 6.45) is 1.87. The topological polar surface area (TPSA) is 46.2 Å². The number of hydrogen-bond donors (Lipinski definition) is 1. The van der Waals surface area contributed by atoms with Crippen molar-refractivity contribution in [2.24, 2.45) is 5.92 Å². The van der Waals surface area contributed by atoms with E-state index in [1.807, 2.05) is 0 Å². The molecule has 0 aromatic heterocycles. The second kappa shape index (κ2) is 8.13. The molecule has 3 nitrogen and oxygen atoms in total. The van der Waals surface area contributed by atoms with E-state index in [0.29, 0.717) is 14.9 Å². The Bertz CT molecular complexity index is 547. The molecule has 1 N–H and O–H groups in total. The first-order valence-corrected chi connectivity index (χ1v) is 9.91. The number of alkyl halides is 1. The summed E-state index contributed by atoms with van der Waals surface area (Å²) in [5, 5.41) is -0.203. The van der Waals surface area contributed by atoms with Gasteiger partial charge in [-0.2, -0.15) is 0 Å². The molecule has 0 saturated heterocycles. The maximum absolute atomic E-state index is 12.3. The average Bonchev–Trinajstić information content (AvgIpc) is 2.40. The molecule has 1 aromatic carbocycles. The van der Waals surface area contributed by atoms with Crippen LogP contribution < -0.4 is 4.72 Å². The molecule has 0 radical (unpaired) electrons. The first kappa shape index (κ1) is 18.4. The van der Waals surface area contributed by atoms with E-state index in [-0.39, 0.29) is 16.8 Å². The van der Waals surface area contributed by atoms with E-state index in [1.54, 1.807) is 18.2 Å². The summed E-state index contributed by atoms with van der Waals surface area (Å²) < 4.78 is 28.4. The molecule has 114 valence electrons. The van der Waals surface area contributed by atoms with E-state index in [2.05, 4.69) is 50.4 Å². The average molecular weight is 448 g/mol. The van der Waals surface area contributed by atoms with E-state index in [1.165, 1.54) is 0 Å². The highest BCUT2D eigenvalue weighted by atomic mass is 79.9. The molecule has 0 bridgehead atoms. The SMILES string of the molecule is CCC(CC)C(Cl)CNS(=O)(=O)c1cc(Br)ccc1Br. The van der Waals surface area contributed by atoms with Crippen LogP contribution in [-0.4, -0.2) is 20.3 Å². The largest absolute Gasteiger partial charge is 0.241 e. The van der Waals surface area contributed by atoms with Crippen LogP contribution >= 0.6 is 43.5 Å². The zero-order valence-corrected chi connectivity index (χ0v) is 16.1. The van der Waals surface area contributed by atoms with Crippen LogP contribution in [-0.2, 0) is 10.0 Å². The Labute approximate surface area is 142 Å². The molecule has 0 aliphatic heterocycles. The lowest BCUT2D eigenvalue weighted by molar-refractivity contribution is 0.460. The Kier molecular flexibility index (Phi) is 7.49. The molecule has 1 aromatic rings. The normalized spacial score (nSPS) is 13.7. The minimum absolute atomic E-state index is 0.203. The third-order valence-electron chi connectivity index (χ3n) is 3.21. The predicted molar refractivity (Wildman–Crippen MR) is 90.7 cm³/mol. The van der Waals surface area contributed by atoms with Crippen LogP contribution in [0.4, 0.5) is 0 Å². The van der Waals surface area contributed by atoms with Crippen LogP contribution in [0.15, 0.2) is 32.0 Å². The molecular weight excluding hydrogens is 429 g/mol. The van der Waals surface area contributed by atoms with Crippen LogP contribution in [0.25, 0.3) is 0 Å². The zero-order valence-electron chi connectivity index (χ0n) is 11.4. The summed E-state index contributed by atoms with van der Waals surface area (Å²) in [6.45, 7) is 4.35. The van der Waals surface area contributed by atoms with E-state index in [0.717, 1.165) is 12.8 Å². The van der Waals surface area contributed by atoms with Gasteiger partial charge in [0, 0.05) is 20.9 Å². The summed E-state index contributed by atoms with van der Waals surface area (Å²) >= 11 is 12.8. The molecule has 0 spiro atoms. The van der Waals surface area contributed by atoms with Crippen molar-refractivity contribution >= 4 is 53.5 Å². The van der Waals surface area contributed by atoms with Crippen molar-refractivity contribution in [2.75, 3.05) is 6.54 Å². The molecule has 20 heavy (non-hydrogen) atoms. The number of nitrogens with one attached hydrogen (secondary N) is 1. The fourth-order valence-corrected chi connectivity index (χ4v) is 5.00. The molecule has 0 amide bonds. The monoisotopic (exact) mass is 445 g/mol. The minimum atomic E-state index is -3.57. The van der Waals surface area contributed by atoms with Gasteiger partial charge >= 0.3 is 0 Å². The summed E-state index contributed by atoms with van der Waals surface area (Å²) in [7, 11) is -3.57. The predicted octanol–water partition coefficient (Wildman–Crippen LogP) is 4.53. The lowest BCUT2D eigenvalue weighted by Crippen LogP contribution is -2.33. The van der Waals surface area contributed by atoms with Gasteiger partial charge in [-0.3, -0.25) is 0 Å². The van der Waals surface area contributed by atoms with Crippen LogP contribution in [0.1, 0.15) is 26.7 Å². The highest BCUT2D eigenvalue weighted by Gasteiger charge is 2.22. The number of sulfonamides is 1. The molecular formula is C13H18Br2ClNO2S. The van der Waals surface area contributed by atoms with E-state index in [4.69, 9.17) is 11.6 Å². The Morgan fingerprint density at radius 3 is 2.40 bits per heavy atom. The molecule has 7 heteroatoms. The van der Waals surface area contributed by atoms with Crippen LogP contribution in [0.5, 0.6) is 0 Å². The maximum atomic E-state index is 12.3. The molecule has 1 unspecified atom stereocenters. The van der Waals surface area contributed by atoms with Crippen molar-refractivity contribution in [2.45, 2.75) is 37.0 Å². The molecule has 0 fully saturated rings. The highest BCUT2D eigenvalue weighted by molar-refractivity contribution is 9.11. The molecule has 0 heterocycles. The van der Waals surface area contributed by atoms with Gasteiger partial charge in [-0.1, -0.05) is 42.6 Å². The summed E-state index contributed by atoms with van der Waals surface area (Å²) in [6, 6.07) is 5.03. The lowest BCUT2D eigenvalue weighted by Gasteiger charge is -2.19. The van der Waals surface area contributed by atoms with Gasteiger partial charge in [0.2, 0.25) is 10.0 Å². The second-order valence-corrected chi connectivity index (χ2v) is 8.59. The van der Waals surface area contributed by atoms with Gasteiger partial charge in [0.25, 0.3) is 0 Å². The molecule has 0 aliphatic carbocycles. The van der Waals surface area contributed by atoms with Crippen molar-refractivity contribution in [1.82, 2.24) is 4.72 Å². The molecule has 0 saturated carbocycles. The number of benzene rings is 1. The molecule has 1 rings (SSSR count). The Hall–Kier alpha value is 0.380. The highest BCUT2D eigenvalue weighted by Crippen LogP contribution is 2.26. The van der Waals surface area contributed by atoms with Crippen molar-refractivity contribution < 1.29 is 8.42 Å². The van der Waals surface area contributed by atoms with Gasteiger partial charge in [-0.15, -0.1) is 11.6 Å². The maximum Gasteiger partial charge on any atom is 0.241 e. The number of halogens is 3. The first-order valence-electron chi connectivity index (χ1n) is 6.40. The van der Waals surface area contributed by atoms with E-state index in [9.17, 15) is 8.42 Å². The Morgan fingerprint density at radius 2 is 1.85 bits per heavy atom. The van der Waals surface area contributed by atoms with Gasteiger partial charge in [-0.05, 0) is 40.0 Å². The first-order chi connectivity index (χ1) is 9.31. The van der Waals surface area contributed by atoms with Gasteiger partial charge in [-0.25, -0.2) is 13.1 Å². The number of hydrogen-bond acceptors (Lipinski definition) is 2. The smallest absolute Gasteiger partial charge is 0.210 e. The van der Waals surface area contributed by atoms with Crippen molar-refractivity contribution in [3.8, 4) is 0 Å². The third-order valence-corrected chi connectivity index (χ3v) is 6.63. The lowest BCUT2D eigenvalue weighted by atomic mass is 9.99. The minimum Gasteiger partial charge on any atom is -0.210 e. The molecule has 1 atom stereocenters. The van der Waals surface area contributed by atoms with Gasteiger partial charge in [0.05, 0.1) is 4.90 Å². The van der Waals surface area contributed by atoms with E-state index < -0.39 is 10.0 Å². The number of rotatable bonds is 7. The Morgan fingerprint density at radius 1 is 1.25 bits per heavy atom. The standard InChI is InChI=1S/C13H18Br2ClNO2S/c1-3-9(4-2)12(16)8-17-20(18,19)13-7-10(14)5-6-11(13)15/h5-7,9,12,17H,3-4,8H2,1-2H3.